The minimum atomic E-state index is 1.00. The van der Waals surface area contributed by atoms with Crippen molar-refractivity contribution in [1.29, 1.82) is 0 Å². The maximum atomic E-state index is 3.75. The van der Waals surface area contributed by atoms with E-state index in [0.29, 0.717) is 0 Å². The van der Waals surface area contributed by atoms with Crippen LogP contribution in [0.25, 0.3) is 0 Å². The lowest BCUT2D eigenvalue weighted by molar-refractivity contribution is -0.878. The predicted octanol–water partition coefficient (Wildman–Crippen LogP) is 2.61. The van der Waals surface area contributed by atoms with Gasteiger partial charge in [-0.1, -0.05) is 26.0 Å². The van der Waals surface area contributed by atoms with E-state index in [1.165, 1.54) is 12.8 Å². The Balaban J connectivity index is 3.66. The normalized spacial score (nSPS) is 12.2. The molecular weight excluding hydrogens is 146 g/mol. The molecule has 70 valence electrons. The lowest BCUT2D eigenvalue weighted by Crippen LogP contribution is -2.39. The van der Waals surface area contributed by atoms with Gasteiger partial charge in [0, 0.05) is 0 Å². The molecule has 0 unspecified atom stereocenters. The maximum absolute atomic E-state index is 3.75. The van der Waals surface area contributed by atoms with Gasteiger partial charge < -0.3 is 4.48 Å². The highest BCUT2D eigenvalue weighted by molar-refractivity contribution is 4.81. The van der Waals surface area contributed by atoms with E-state index in [1.807, 2.05) is 6.08 Å². The van der Waals surface area contributed by atoms with E-state index >= 15 is 0 Å². The maximum Gasteiger partial charge on any atom is 0.0972 e. The Morgan fingerprint density at radius 3 is 2.33 bits per heavy atom. The van der Waals surface area contributed by atoms with Gasteiger partial charge >= 0.3 is 0 Å². The van der Waals surface area contributed by atoms with Crippen molar-refractivity contribution in [3.8, 4) is 0 Å². The molecule has 0 atom stereocenters. The second-order valence-corrected chi connectivity index (χ2v) is 3.85. The zero-order chi connectivity index (χ0) is 9.45. The quantitative estimate of drug-likeness (QED) is 0.422. The van der Waals surface area contributed by atoms with Crippen LogP contribution in [0.15, 0.2) is 24.8 Å². The van der Waals surface area contributed by atoms with Crippen LogP contribution < -0.4 is 0 Å². The van der Waals surface area contributed by atoms with Crippen molar-refractivity contribution in [3.05, 3.63) is 24.8 Å². The first-order chi connectivity index (χ1) is 5.62. The Morgan fingerprint density at radius 2 is 1.83 bits per heavy atom. The minimum Gasteiger partial charge on any atom is -0.322 e. The van der Waals surface area contributed by atoms with Crippen LogP contribution in [0.1, 0.15) is 19.8 Å². The molecule has 0 radical (unpaired) electrons. The van der Waals surface area contributed by atoms with E-state index in [4.69, 9.17) is 0 Å². The fraction of sp³-hybridized carbons (Fsp3) is 0.636. The number of rotatable bonds is 6. The van der Waals surface area contributed by atoms with Crippen LogP contribution in [0.4, 0.5) is 0 Å². The SMILES string of the molecule is C=CC[N+](C)(C)C/C=C/CCC. The first-order valence-corrected chi connectivity index (χ1v) is 4.70. The van der Waals surface area contributed by atoms with Crippen molar-refractivity contribution < 1.29 is 4.48 Å². The molecule has 0 spiro atoms. The summed E-state index contributed by atoms with van der Waals surface area (Å²) >= 11 is 0. The Kier molecular flexibility index (Phi) is 5.73. The van der Waals surface area contributed by atoms with Gasteiger partial charge in [0.2, 0.25) is 0 Å². The zero-order valence-corrected chi connectivity index (χ0v) is 8.71. The number of nitrogens with zero attached hydrogens (tertiary/aromatic N) is 1. The summed E-state index contributed by atoms with van der Waals surface area (Å²) < 4.78 is 1.00. The van der Waals surface area contributed by atoms with E-state index in [0.717, 1.165) is 17.6 Å². The third kappa shape index (κ3) is 6.17. The lowest BCUT2D eigenvalue weighted by atomic mass is 10.3. The van der Waals surface area contributed by atoms with Crippen molar-refractivity contribution >= 4 is 0 Å². The van der Waals surface area contributed by atoms with Gasteiger partial charge in [-0.25, -0.2) is 0 Å². The third-order valence-electron chi connectivity index (χ3n) is 1.85. The second kappa shape index (κ2) is 6.01. The number of likely N-dealkylation sites (N-methyl/N-ethyl adjacent to an activating group) is 1. The van der Waals surface area contributed by atoms with Crippen molar-refractivity contribution in [2.24, 2.45) is 0 Å². The van der Waals surface area contributed by atoms with Gasteiger partial charge in [-0.15, -0.1) is 0 Å². The first kappa shape index (κ1) is 11.4. The standard InChI is InChI=1S/C11H22N/c1-5-7-8-9-11-12(3,4)10-6-2/h6,8-9H,2,5,7,10-11H2,1,3-4H3/q+1/b9-8+. The summed E-state index contributed by atoms with van der Waals surface area (Å²) in [6.45, 7) is 8.09. The number of allylic oxidation sites excluding steroid dienone is 1. The smallest absolute Gasteiger partial charge is 0.0972 e. The number of hydrogen-bond donors (Lipinski definition) is 0. The molecule has 0 bridgehead atoms. The van der Waals surface area contributed by atoms with Crippen LogP contribution in [-0.4, -0.2) is 31.7 Å². The van der Waals surface area contributed by atoms with Crippen LogP contribution in [0.2, 0.25) is 0 Å². The Hall–Kier alpha value is -0.560. The van der Waals surface area contributed by atoms with Gasteiger partial charge in [-0.2, -0.15) is 0 Å². The average molecular weight is 168 g/mol. The summed E-state index contributed by atoms with van der Waals surface area (Å²) in [5, 5.41) is 0. The highest BCUT2D eigenvalue weighted by atomic mass is 15.3. The van der Waals surface area contributed by atoms with Crippen molar-refractivity contribution in [2.45, 2.75) is 19.8 Å². The van der Waals surface area contributed by atoms with Gasteiger partial charge in [0.1, 0.15) is 0 Å². The minimum absolute atomic E-state index is 1.00. The van der Waals surface area contributed by atoms with Gasteiger partial charge in [0.15, 0.2) is 0 Å². The summed E-state index contributed by atoms with van der Waals surface area (Å²) in [7, 11) is 4.44. The molecule has 0 amide bonds. The molecule has 0 N–H and O–H groups in total. The fourth-order valence-corrected chi connectivity index (χ4v) is 1.07. The molecule has 0 rings (SSSR count). The third-order valence-corrected chi connectivity index (χ3v) is 1.85. The first-order valence-electron chi connectivity index (χ1n) is 4.70. The number of quaternary nitrogens is 1. The van der Waals surface area contributed by atoms with E-state index < -0.39 is 0 Å². The molecule has 1 nitrogen and oxygen atoms in total. The molecule has 0 aliphatic heterocycles. The van der Waals surface area contributed by atoms with Crippen LogP contribution in [0, 0.1) is 0 Å². The lowest BCUT2D eigenvalue weighted by Gasteiger charge is -2.26. The average Bonchev–Trinajstić information content (AvgIpc) is 1.98. The molecule has 0 aliphatic carbocycles. The van der Waals surface area contributed by atoms with Gasteiger partial charge in [-0.05, 0) is 18.6 Å². The molecule has 0 aromatic carbocycles. The van der Waals surface area contributed by atoms with E-state index in [1.54, 1.807) is 0 Å². The summed E-state index contributed by atoms with van der Waals surface area (Å²) in [6.07, 6.45) is 8.96. The van der Waals surface area contributed by atoms with E-state index in [-0.39, 0.29) is 0 Å². The summed E-state index contributed by atoms with van der Waals surface area (Å²) in [6, 6.07) is 0. The molecule has 1 heteroatoms. The van der Waals surface area contributed by atoms with E-state index in [2.05, 4.69) is 39.8 Å². The van der Waals surface area contributed by atoms with Gasteiger partial charge in [0.25, 0.3) is 0 Å². The number of hydrogen-bond acceptors (Lipinski definition) is 0. The van der Waals surface area contributed by atoms with Crippen molar-refractivity contribution in [1.82, 2.24) is 0 Å². The molecule has 12 heavy (non-hydrogen) atoms. The van der Waals surface area contributed by atoms with Crippen molar-refractivity contribution in [3.63, 3.8) is 0 Å². The fourth-order valence-electron chi connectivity index (χ4n) is 1.07. The topological polar surface area (TPSA) is 0 Å². The summed E-state index contributed by atoms with van der Waals surface area (Å²) in [5.74, 6) is 0. The Morgan fingerprint density at radius 1 is 1.17 bits per heavy atom. The Bertz CT molecular complexity index is 145. The molecule has 0 aromatic heterocycles. The molecule has 0 saturated heterocycles. The molecular formula is C11H22N+. The zero-order valence-electron chi connectivity index (χ0n) is 8.71. The van der Waals surface area contributed by atoms with Crippen LogP contribution in [0.5, 0.6) is 0 Å². The van der Waals surface area contributed by atoms with Gasteiger partial charge in [0.05, 0.1) is 27.2 Å². The Labute approximate surface area is 77.0 Å². The summed E-state index contributed by atoms with van der Waals surface area (Å²) in [5.41, 5.74) is 0. The van der Waals surface area contributed by atoms with Crippen LogP contribution >= 0.6 is 0 Å². The second-order valence-electron chi connectivity index (χ2n) is 3.85. The molecule has 0 aliphatic rings. The molecule has 0 heterocycles. The predicted molar refractivity (Wildman–Crippen MR) is 56.1 cm³/mol. The highest BCUT2D eigenvalue weighted by Gasteiger charge is 2.08. The number of unbranched alkanes of at least 4 members (excludes halogenated alkanes) is 1. The molecule has 0 saturated carbocycles. The van der Waals surface area contributed by atoms with Crippen molar-refractivity contribution in [2.75, 3.05) is 27.2 Å². The highest BCUT2D eigenvalue weighted by Crippen LogP contribution is 1.98. The summed E-state index contributed by atoms with van der Waals surface area (Å²) in [4.78, 5) is 0. The largest absolute Gasteiger partial charge is 0.322 e. The molecule has 0 aromatic rings. The molecule has 0 fully saturated rings. The monoisotopic (exact) mass is 168 g/mol. The van der Waals surface area contributed by atoms with Crippen LogP contribution in [-0.2, 0) is 0 Å². The van der Waals surface area contributed by atoms with Gasteiger partial charge in [-0.3, -0.25) is 0 Å². The van der Waals surface area contributed by atoms with E-state index in [9.17, 15) is 0 Å². The van der Waals surface area contributed by atoms with Crippen LogP contribution in [0.3, 0.4) is 0 Å².